The molecule has 5 nitrogen and oxygen atoms in total. The fourth-order valence-corrected chi connectivity index (χ4v) is 3.04. The lowest BCUT2D eigenvalue weighted by Crippen LogP contribution is -2.43. The van der Waals surface area contributed by atoms with Crippen molar-refractivity contribution in [3.8, 4) is 0 Å². The van der Waals surface area contributed by atoms with Crippen molar-refractivity contribution in [2.45, 2.75) is 12.8 Å². The molecule has 1 unspecified atom stereocenters. The fraction of sp³-hybridized carbons (Fsp3) is 0.438. The Morgan fingerprint density at radius 1 is 1.36 bits per heavy atom. The SMILES string of the molecule is CN(C)C(=O)C1CCCN(c2cnc3cc(Cl)ccc3n2)C1. The monoisotopic (exact) mass is 318 g/mol. The van der Waals surface area contributed by atoms with Crippen molar-refractivity contribution in [1.82, 2.24) is 14.9 Å². The summed E-state index contributed by atoms with van der Waals surface area (Å²) in [6.45, 7) is 1.61. The van der Waals surface area contributed by atoms with Gasteiger partial charge in [0.1, 0.15) is 5.82 Å². The predicted octanol–water partition coefficient (Wildman–Crippen LogP) is 2.59. The molecule has 0 radical (unpaired) electrons. The molecule has 0 saturated carbocycles. The summed E-state index contributed by atoms with van der Waals surface area (Å²) in [4.78, 5) is 25.1. The highest BCUT2D eigenvalue weighted by Gasteiger charge is 2.27. The van der Waals surface area contributed by atoms with E-state index in [2.05, 4.69) is 14.9 Å². The van der Waals surface area contributed by atoms with Gasteiger partial charge in [0.15, 0.2) is 0 Å². The van der Waals surface area contributed by atoms with Crippen molar-refractivity contribution < 1.29 is 4.79 Å². The molecular formula is C16H19ClN4O. The Balaban J connectivity index is 1.84. The van der Waals surface area contributed by atoms with E-state index in [1.165, 1.54) is 0 Å². The van der Waals surface area contributed by atoms with E-state index in [0.717, 1.165) is 36.2 Å². The molecule has 0 aliphatic carbocycles. The molecule has 2 heterocycles. The van der Waals surface area contributed by atoms with Gasteiger partial charge in [0.05, 0.1) is 23.1 Å². The van der Waals surface area contributed by atoms with Crippen LogP contribution in [0.4, 0.5) is 5.82 Å². The smallest absolute Gasteiger partial charge is 0.226 e. The van der Waals surface area contributed by atoms with Gasteiger partial charge in [-0.25, -0.2) is 4.98 Å². The quantitative estimate of drug-likeness (QED) is 0.854. The number of aromatic nitrogens is 2. The van der Waals surface area contributed by atoms with Crippen molar-refractivity contribution in [3.05, 3.63) is 29.4 Å². The zero-order valence-corrected chi connectivity index (χ0v) is 13.5. The molecule has 1 aromatic heterocycles. The Morgan fingerprint density at radius 3 is 2.95 bits per heavy atom. The fourth-order valence-electron chi connectivity index (χ4n) is 2.88. The maximum Gasteiger partial charge on any atom is 0.226 e. The molecule has 0 N–H and O–H groups in total. The predicted molar refractivity (Wildman–Crippen MR) is 88.2 cm³/mol. The molecule has 1 aliphatic heterocycles. The average molecular weight is 319 g/mol. The number of piperidine rings is 1. The number of anilines is 1. The van der Waals surface area contributed by atoms with Gasteiger partial charge in [-0.05, 0) is 31.0 Å². The van der Waals surface area contributed by atoms with Gasteiger partial charge in [-0.2, -0.15) is 0 Å². The van der Waals surface area contributed by atoms with Crippen molar-refractivity contribution in [2.24, 2.45) is 5.92 Å². The van der Waals surface area contributed by atoms with Gasteiger partial charge in [0.2, 0.25) is 5.91 Å². The summed E-state index contributed by atoms with van der Waals surface area (Å²) in [7, 11) is 3.61. The molecular weight excluding hydrogens is 300 g/mol. The van der Waals surface area contributed by atoms with Gasteiger partial charge < -0.3 is 9.80 Å². The lowest BCUT2D eigenvalue weighted by molar-refractivity contribution is -0.133. The maximum atomic E-state index is 12.2. The Labute approximate surface area is 134 Å². The third-order valence-corrected chi connectivity index (χ3v) is 4.26. The van der Waals surface area contributed by atoms with Gasteiger partial charge in [0.25, 0.3) is 0 Å². The van der Waals surface area contributed by atoms with E-state index in [1.54, 1.807) is 25.2 Å². The number of rotatable bonds is 2. The number of carbonyl (C=O) groups is 1. The summed E-state index contributed by atoms with van der Waals surface area (Å²) < 4.78 is 0. The summed E-state index contributed by atoms with van der Waals surface area (Å²) in [5.41, 5.74) is 1.61. The van der Waals surface area contributed by atoms with E-state index in [0.29, 0.717) is 11.6 Å². The van der Waals surface area contributed by atoms with Crippen molar-refractivity contribution >= 4 is 34.4 Å². The van der Waals surface area contributed by atoms with E-state index in [1.807, 2.05) is 18.2 Å². The normalized spacial score (nSPS) is 18.5. The number of amides is 1. The minimum atomic E-state index is 0.0338. The van der Waals surface area contributed by atoms with E-state index in [9.17, 15) is 4.79 Å². The van der Waals surface area contributed by atoms with Crippen LogP contribution in [0.5, 0.6) is 0 Å². The van der Waals surface area contributed by atoms with Gasteiger partial charge in [0, 0.05) is 32.2 Å². The van der Waals surface area contributed by atoms with E-state index in [4.69, 9.17) is 11.6 Å². The van der Waals surface area contributed by atoms with Gasteiger partial charge >= 0.3 is 0 Å². The number of hydrogen-bond acceptors (Lipinski definition) is 4. The van der Waals surface area contributed by atoms with Crippen LogP contribution in [-0.2, 0) is 4.79 Å². The molecule has 6 heteroatoms. The highest BCUT2D eigenvalue weighted by Crippen LogP contribution is 2.24. The lowest BCUT2D eigenvalue weighted by atomic mass is 9.97. The molecule has 2 aromatic rings. The van der Waals surface area contributed by atoms with Crippen LogP contribution in [0.15, 0.2) is 24.4 Å². The van der Waals surface area contributed by atoms with Gasteiger partial charge in [-0.15, -0.1) is 0 Å². The van der Waals surface area contributed by atoms with E-state index >= 15 is 0 Å². The van der Waals surface area contributed by atoms with Crippen LogP contribution < -0.4 is 4.90 Å². The van der Waals surface area contributed by atoms with Crippen LogP contribution in [0, 0.1) is 5.92 Å². The summed E-state index contributed by atoms with van der Waals surface area (Å²) in [5, 5.41) is 0.657. The second-order valence-electron chi connectivity index (χ2n) is 5.88. The van der Waals surface area contributed by atoms with Crippen LogP contribution in [0.2, 0.25) is 5.02 Å². The summed E-state index contributed by atoms with van der Waals surface area (Å²) >= 11 is 5.97. The molecule has 1 saturated heterocycles. The standard InChI is InChI=1S/C16H19ClN4O/c1-20(2)16(22)11-4-3-7-21(10-11)15-9-18-14-8-12(17)5-6-13(14)19-15/h5-6,8-9,11H,3-4,7,10H2,1-2H3. The van der Waals surface area contributed by atoms with Crippen LogP contribution in [0.1, 0.15) is 12.8 Å². The molecule has 22 heavy (non-hydrogen) atoms. The minimum absolute atomic E-state index is 0.0338. The third kappa shape index (κ3) is 2.99. The molecule has 0 bridgehead atoms. The first-order valence-electron chi connectivity index (χ1n) is 7.43. The first kappa shape index (κ1) is 15.0. The molecule has 1 aliphatic rings. The topological polar surface area (TPSA) is 49.3 Å². The Kier molecular flexibility index (Phi) is 4.16. The summed E-state index contributed by atoms with van der Waals surface area (Å²) in [6.07, 6.45) is 3.69. The van der Waals surface area contributed by atoms with Crippen molar-refractivity contribution in [1.29, 1.82) is 0 Å². The Morgan fingerprint density at radius 2 is 2.18 bits per heavy atom. The number of carbonyl (C=O) groups excluding carboxylic acids is 1. The molecule has 1 aromatic carbocycles. The maximum absolute atomic E-state index is 12.2. The number of hydrogen-bond donors (Lipinski definition) is 0. The number of benzene rings is 1. The third-order valence-electron chi connectivity index (χ3n) is 4.03. The second kappa shape index (κ2) is 6.08. The Hall–Kier alpha value is -1.88. The van der Waals surface area contributed by atoms with Crippen molar-refractivity contribution in [2.75, 3.05) is 32.1 Å². The summed E-state index contributed by atoms with van der Waals surface area (Å²) in [6, 6.07) is 5.50. The highest BCUT2D eigenvalue weighted by atomic mass is 35.5. The van der Waals surface area contributed by atoms with Crippen LogP contribution in [0.25, 0.3) is 11.0 Å². The minimum Gasteiger partial charge on any atom is -0.355 e. The molecule has 1 fully saturated rings. The number of halogens is 1. The Bertz CT molecular complexity index is 704. The van der Waals surface area contributed by atoms with Crippen LogP contribution >= 0.6 is 11.6 Å². The van der Waals surface area contributed by atoms with Crippen LogP contribution in [0.3, 0.4) is 0 Å². The van der Waals surface area contributed by atoms with E-state index < -0.39 is 0 Å². The molecule has 0 spiro atoms. The largest absolute Gasteiger partial charge is 0.355 e. The van der Waals surface area contributed by atoms with Gasteiger partial charge in [-0.1, -0.05) is 11.6 Å². The molecule has 1 atom stereocenters. The average Bonchev–Trinajstić information content (AvgIpc) is 2.53. The highest BCUT2D eigenvalue weighted by molar-refractivity contribution is 6.31. The van der Waals surface area contributed by atoms with E-state index in [-0.39, 0.29) is 11.8 Å². The first-order valence-corrected chi connectivity index (χ1v) is 7.81. The van der Waals surface area contributed by atoms with Crippen LogP contribution in [-0.4, -0.2) is 48.0 Å². The summed E-state index contributed by atoms with van der Waals surface area (Å²) in [5.74, 6) is 1.04. The zero-order valence-electron chi connectivity index (χ0n) is 12.8. The van der Waals surface area contributed by atoms with Crippen molar-refractivity contribution in [3.63, 3.8) is 0 Å². The number of fused-ring (bicyclic) bond motifs is 1. The number of nitrogens with zero attached hydrogens (tertiary/aromatic N) is 4. The zero-order chi connectivity index (χ0) is 15.7. The second-order valence-corrected chi connectivity index (χ2v) is 6.32. The molecule has 116 valence electrons. The van der Waals surface area contributed by atoms with Gasteiger partial charge in [-0.3, -0.25) is 9.78 Å². The first-order chi connectivity index (χ1) is 10.5. The molecule has 1 amide bonds. The lowest BCUT2D eigenvalue weighted by Gasteiger charge is -2.33. The molecule has 3 rings (SSSR count).